The second-order valence-electron chi connectivity index (χ2n) is 4.79. The number of halogens is 1. The van der Waals surface area contributed by atoms with Crippen molar-refractivity contribution >= 4 is 17.5 Å². The van der Waals surface area contributed by atoms with E-state index in [1.807, 2.05) is 25.1 Å². The highest BCUT2D eigenvalue weighted by Gasteiger charge is 2.17. The predicted molar refractivity (Wildman–Crippen MR) is 76.5 cm³/mol. The van der Waals surface area contributed by atoms with E-state index in [-0.39, 0.29) is 5.28 Å². The number of hydrogen-bond donors (Lipinski definition) is 0. The van der Waals surface area contributed by atoms with Crippen LogP contribution in [-0.4, -0.2) is 28.0 Å². The molecule has 0 radical (unpaired) electrons. The van der Waals surface area contributed by atoms with Crippen molar-refractivity contribution in [3.8, 4) is 11.4 Å². The van der Waals surface area contributed by atoms with Crippen molar-refractivity contribution in [1.82, 2.24) is 15.0 Å². The van der Waals surface area contributed by atoms with Crippen molar-refractivity contribution in [2.75, 3.05) is 18.0 Å². The second kappa shape index (κ2) is 5.13. The predicted octanol–water partition coefficient (Wildman–Crippen LogP) is 3.10. The Kier molecular flexibility index (Phi) is 3.34. The van der Waals surface area contributed by atoms with Crippen LogP contribution in [0.3, 0.4) is 0 Å². The third kappa shape index (κ3) is 2.68. The molecule has 4 nitrogen and oxygen atoms in total. The van der Waals surface area contributed by atoms with E-state index in [9.17, 15) is 0 Å². The number of rotatable bonds is 2. The fourth-order valence-corrected chi connectivity index (χ4v) is 2.47. The van der Waals surface area contributed by atoms with Crippen LogP contribution in [0.15, 0.2) is 24.3 Å². The summed E-state index contributed by atoms with van der Waals surface area (Å²) >= 11 is 6.03. The fraction of sp³-hybridized carbons (Fsp3) is 0.357. The van der Waals surface area contributed by atoms with Crippen molar-refractivity contribution in [3.05, 3.63) is 35.1 Å². The average Bonchev–Trinajstić information content (AvgIpc) is 2.92. The van der Waals surface area contributed by atoms with Gasteiger partial charge in [-0.25, -0.2) is 0 Å². The van der Waals surface area contributed by atoms with Crippen LogP contribution in [0.2, 0.25) is 5.28 Å². The Labute approximate surface area is 117 Å². The van der Waals surface area contributed by atoms with Crippen LogP contribution < -0.4 is 4.90 Å². The molecule has 1 aliphatic heterocycles. The number of aromatic nitrogens is 3. The van der Waals surface area contributed by atoms with Crippen molar-refractivity contribution in [2.24, 2.45) is 0 Å². The Morgan fingerprint density at radius 1 is 1.11 bits per heavy atom. The normalized spacial score (nSPS) is 14.9. The lowest BCUT2D eigenvalue weighted by Gasteiger charge is -2.15. The molecule has 0 atom stereocenters. The Morgan fingerprint density at radius 2 is 1.89 bits per heavy atom. The molecule has 0 saturated carbocycles. The van der Waals surface area contributed by atoms with Crippen molar-refractivity contribution in [1.29, 1.82) is 0 Å². The summed E-state index contributed by atoms with van der Waals surface area (Å²) in [6, 6.07) is 8.09. The lowest BCUT2D eigenvalue weighted by Crippen LogP contribution is -2.21. The highest BCUT2D eigenvalue weighted by Crippen LogP contribution is 2.22. The quantitative estimate of drug-likeness (QED) is 0.844. The molecule has 1 aromatic carbocycles. The topological polar surface area (TPSA) is 41.9 Å². The van der Waals surface area contributed by atoms with Gasteiger partial charge in [0.15, 0.2) is 5.82 Å². The molecule has 0 unspecified atom stereocenters. The van der Waals surface area contributed by atoms with E-state index in [1.165, 1.54) is 18.4 Å². The van der Waals surface area contributed by atoms with Gasteiger partial charge in [-0.2, -0.15) is 15.0 Å². The first-order valence-electron chi connectivity index (χ1n) is 6.46. The smallest absolute Gasteiger partial charge is 0.230 e. The third-order valence-electron chi connectivity index (χ3n) is 3.26. The molecule has 2 heterocycles. The van der Waals surface area contributed by atoms with Crippen LogP contribution in [-0.2, 0) is 0 Å². The van der Waals surface area contributed by atoms with Gasteiger partial charge in [-0.3, -0.25) is 0 Å². The molecule has 0 spiro atoms. The van der Waals surface area contributed by atoms with Crippen LogP contribution >= 0.6 is 11.6 Å². The Bertz CT molecular complexity index is 594. The highest BCUT2D eigenvalue weighted by molar-refractivity contribution is 6.28. The fourth-order valence-electron chi connectivity index (χ4n) is 2.31. The number of benzene rings is 1. The largest absolute Gasteiger partial charge is 0.341 e. The number of nitrogens with zero attached hydrogens (tertiary/aromatic N) is 4. The zero-order valence-corrected chi connectivity index (χ0v) is 11.6. The molecule has 1 saturated heterocycles. The van der Waals surface area contributed by atoms with Gasteiger partial charge in [0.1, 0.15) is 0 Å². The van der Waals surface area contributed by atoms with Gasteiger partial charge >= 0.3 is 0 Å². The molecule has 1 aromatic heterocycles. The Hall–Kier alpha value is -1.68. The van der Waals surface area contributed by atoms with Crippen LogP contribution in [0, 0.1) is 6.92 Å². The maximum atomic E-state index is 6.03. The summed E-state index contributed by atoms with van der Waals surface area (Å²) in [5, 5.41) is 0.258. The summed E-state index contributed by atoms with van der Waals surface area (Å²) < 4.78 is 0. The first-order valence-corrected chi connectivity index (χ1v) is 6.84. The van der Waals surface area contributed by atoms with E-state index in [4.69, 9.17) is 11.6 Å². The van der Waals surface area contributed by atoms with Crippen molar-refractivity contribution in [2.45, 2.75) is 19.8 Å². The van der Waals surface area contributed by atoms with E-state index in [0.717, 1.165) is 18.7 Å². The van der Waals surface area contributed by atoms with Gasteiger partial charge in [0, 0.05) is 18.7 Å². The molecule has 0 N–H and O–H groups in total. The summed E-state index contributed by atoms with van der Waals surface area (Å²) in [6.07, 6.45) is 2.37. The van der Waals surface area contributed by atoms with E-state index in [1.54, 1.807) is 0 Å². The van der Waals surface area contributed by atoms with E-state index in [2.05, 4.69) is 25.9 Å². The number of hydrogen-bond acceptors (Lipinski definition) is 4. The minimum absolute atomic E-state index is 0.258. The van der Waals surface area contributed by atoms with Crippen LogP contribution in [0.25, 0.3) is 11.4 Å². The van der Waals surface area contributed by atoms with Gasteiger partial charge in [0.25, 0.3) is 0 Å². The molecule has 19 heavy (non-hydrogen) atoms. The molecule has 0 aliphatic carbocycles. The zero-order chi connectivity index (χ0) is 13.2. The average molecular weight is 275 g/mol. The van der Waals surface area contributed by atoms with Crippen LogP contribution in [0.5, 0.6) is 0 Å². The van der Waals surface area contributed by atoms with Gasteiger partial charge < -0.3 is 4.90 Å². The third-order valence-corrected chi connectivity index (χ3v) is 3.43. The number of anilines is 1. The van der Waals surface area contributed by atoms with E-state index in [0.29, 0.717) is 11.8 Å². The van der Waals surface area contributed by atoms with Crippen LogP contribution in [0.4, 0.5) is 5.95 Å². The van der Waals surface area contributed by atoms with Gasteiger partial charge in [0.2, 0.25) is 11.2 Å². The maximum Gasteiger partial charge on any atom is 0.230 e. The summed E-state index contributed by atoms with van der Waals surface area (Å²) in [6.45, 7) is 4.04. The van der Waals surface area contributed by atoms with Gasteiger partial charge in [-0.1, -0.05) is 23.8 Å². The Morgan fingerprint density at radius 3 is 2.63 bits per heavy atom. The molecular formula is C14H15ClN4. The Balaban J connectivity index is 2.01. The van der Waals surface area contributed by atoms with Gasteiger partial charge in [-0.05, 0) is 37.4 Å². The summed E-state index contributed by atoms with van der Waals surface area (Å²) in [7, 11) is 0. The first-order chi connectivity index (χ1) is 9.22. The molecule has 1 fully saturated rings. The van der Waals surface area contributed by atoms with E-state index >= 15 is 0 Å². The molecule has 3 rings (SSSR count). The standard InChI is InChI=1S/C14H15ClN4/c1-10-5-4-6-11(9-10)12-16-13(15)18-14(17-12)19-7-2-3-8-19/h4-6,9H,2-3,7-8H2,1H3. The monoisotopic (exact) mass is 274 g/mol. The second-order valence-corrected chi connectivity index (χ2v) is 5.13. The maximum absolute atomic E-state index is 6.03. The van der Waals surface area contributed by atoms with Crippen molar-refractivity contribution in [3.63, 3.8) is 0 Å². The molecule has 2 aromatic rings. The molecule has 0 bridgehead atoms. The minimum atomic E-state index is 0.258. The van der Waals surface area contributed by atoms with E-state index < -0.39 is 0 Å². The highest BCUT2D eigenvalue weighted by atomic mass is 35.5. The first kappa shape index (κ1) is 12.4. The molecule has 98 valence electrons. The molecule has 1 aliphatic rings. The summed E-state index contributed by atoms with van der Waals surface area (Å²) in [5.74, 6) is 1.33. The lowest BCUT2D eigenvalue weighted by molar-refractivity contribution is 0.883. The minimum Gasteiger partial charge on any atom is -0.341 e. The van der Waals surface area contributed by atoms with Crippen molar-refractivity contribution < 1.29 is 0 Å². The van der Waals surface area contributed by atoms with Gasteiger partial charge in [-0.15, -0.1) is 0 Å². The SMILES string of the molecule is Cc1cccc(-c2nc(Cl)nc(N3CCCC3)n2)c1. The summed E-state index contributed by atoms with van der Waals surface area (Å²) in [4.78, 5) is 15.2. The molecule has 5 heteroatoms. The molecular weight excluding hydrogens is 260 g/mol. The van der Waals surface area contributed by atoms with Gasteiger partial charge in [0.05, 0.1) is 0 Å². The molecule has 0 amide bonds. The summed E-state index contributed by atoms with van der Waals surface area (Å²) in [5.41, 5.74) is 2.15. The number of aryl methyl sites for hydroxylation is 1. The van der Waals surface area contributed by atoms with Crippen LogP contribution in [0.1, 0.15) is 18.4 Å². The lowest BCUT2D eigenvalue weighted by atomic mass is 10.1. The zero-order valence-electron chi connectivity index (χ0n) is 10.8.